The lowest BCUT2D eigenvalue weighted by Crippen LogP contribution is -2.41. The van der Waals surface area contributed by atoms with Crippen molar-refractivity contribution >= 4 is 0 Å². The summed E-state index contributed by atoms with van der Waals surface area (Å²) in [5.74, 6) is 2.97. The minimum Gasteiger partial charge on any atom is -0.0996 e. The molecule has 0 heterocycles. The summed E-state index contributed by atoms with van der Waals surface area (Å²) in [6.07, 6.45) is 12.7. The van der Waals surface area contributed by atoms with E-state index in [0.29, 0.717) is 11.3 Å². The molecular formula is C23H34. The van der Waals surface area contributed by atoms with Gasteiger partial charge in [-0.3, -0.25) is 0 Å². The van der Waals surface area contributed by atoms with Crippen LogP contribution < -0.4 is 0 Å². The Morgan fingerprint density at radius 3 is 2.57 bits per heavy atom. The van der Waals surface area contributed by atoms with Crippen molar-refractivity contribution in [2.45, 2.75) is 66.2 Å². The van der Waals surface area contributed by atoms with E-state index in [2.05, 4.69) is 53.0 Å². The molecule has 0 N–H and O–H groups in total. The Labute approximate surface area is 143 Å². The minimum atomic E-state index is 0.352. The SMILES string of the molecule is C=C1C=C2C(C)=CC3C(C)CCC(=C)C(C)CCC3C2(C)CC1. The second kappa shape index (κ2) is 6.11. The second-order valence-corrected chi connectivity index (χ2v) is 8.82. The lowest BCUT2D eigenvalue weighted by atomic mass is 9.54. The van der Waals surface area contributed by atoms with Crippen LogP contribution in [0.1, 0.15) is 66.2 Å². The largest absolute Gasteiger partial charge is 0.0996 e. The van der Waals surface area contributed by atoms with Crippen molar-refractivity contribution in [2.24, 2.45) is 29.1 Å². The van der Waals surface area contributed by atoms with Crippen LogP contribution in [0.2, 0.25) is 0 Å². The maximum Gasteiger partial charge on any atom is -0.00356 e. The van der Waals surface area contributed by atoms with Crippen molar-refractivity contribution in [3.8, 4) is 0 Å². The van der Waals surface area contributed by atoms with Crippen LogP contribution in [0.15, 0.2) is 47.6 Å². The van der Waals surface area contributed by atoms with Crippen LogP contribution in [-0.2, 0) is 0 Å². The van der Waals surface area contributed by atoms with Gasteiger partial charge in [0.15, 0.2) is 0 Å². The number of fused-ring (bicyclic) bond motifs is 3. The van der Waals surface area contributed by atoms with E-state index in [-0.39, 0.29) is 0 Å². The van der Waals surface area contributed by atoms with Gasteiger partial charge in [-0.25, -0.2) is 0 Å². The number of hydrogen-bond donors (Lipinski definition) is 0. The quantitative estimate of drug-likeness (QED) is 0.428. The van der Waals surface area contributed by atoms with Gasteiger partial charge in [-0.2, -0.15) is 0 Å². The molecule has 0 nitrogen and oxygen atoms in total. The van der Waals surface area contributed by atoms with Gasteiger partial charge in [0.25, 0.3) is 0 Å². The van der Waals surface area contributed by atoms with E-state index in [4.69, 9.17) is 0 Å². The molecule has 3 aliphatic rings. The first-order valence-electron chi connectivity index (χ1n) is 9.59. The molecule has 5 atom stereocenters. The summed E-state index contributed by atoms with van der Waals surface area (Å²) in [6.45, 7) is 18.4. The summed E-state index contributed by atoms with van der Waals surface area (Å²) in [5.41, 5.74) is 6.26. The van der Waals surface area contributed by atoms with Gasteiger partial charge in [0, 0.05) is 0 Å². The van der Waals surface area contributed by atoms with Gasteiger partial charge in [0.05, 0.1) is 0 Å². The topological polar surface area (TPSA) is 0 Å². The molecule has 0 bridgehead atoms. The van der Waals surface area contributed by atoms with E-state index < -0.39 is 0 Å². The molecule has 0 aliphatic heterocycles. The molecular weight excluding hydrogens is 276 g/mol. The van der Waals surface area contributed by atoms with Gasteiger partial charge < -0.3 is 0 Å². The molecule has 0 aromatic carbocycles. The summed E-state index contributed by atoms with van der Waals surface area (Å²) < 4.78 is 0. The first kappa shape index (κ1) is 16.8. The predicted octanol–water partition coefficient (Wildman–Crippen LogP) is 6.86. The van der Waals surface area contributed by atoms with E-state index in [9.17, 15) is 0 Å². The molecule has 0 radical (unpaired) electrons. The Balaban J connectivity index is 2.03. The number of hydrogen-bond acceptors (Lipinski definition) is 0. The van der Waals surface area contributed by atoms with Crippen molar-refractivity contribution in [3.63, 3.8) is 0 Å². The van der Waals surface area contributed by atoms with Crippen molar-refractivity contribution in [2.75, 3.05) is 0 Å². The van der Waals surface area contributed by atoms with Gasteiger partial charge >= 0.3 is 0 Å². The smallest absolute Gasteiger partial charge is 0.00356 e. The zero-order chi connectivity index (χ0) is 16.8. The fourth-order valence-electron chi connectivity index (χ4n) is 5.42. The van der Waals surface area contributed by atoms with E-state index in [0.717, 1.165) is 17.8 Å². The van der Waals surface area contributed by atoms with Crippen LogP contribution in [0.25, 0.3) is 0 Å². The highest BCUT2D eigenvalue weighted by atomic mass is 14.5. The lowest BCUT2D eigenvalue weighted by molar-refractivity contribution is 0.110. The molecule has 0 saturated heterocycles. The first-order valence-corrected chi connectivity index (χ1v) is 9.59. The number of rotatable bonds is 0. The average molecular weight is 311 g/mol. The van der Waals surface area contributed by atoms with Gasteiger partial charge in [0.1, 0.15) is 0 Å². The monoisotopic (exact) mass is 310 g/mol. The van der Waals surface area contributed by atoms with Crippen LogP contribution in [-0.4, -0.2) is 0 Å². The first-order chi connectivity index (χ1) is 10.8. The van der Waals surface area contributed by atoms with Crippen molar-refractivity contribution in [1.82, 2.24) is 0 Å². The van der Waals surface area contributed by atoms with Crippen LogP contribution >= 0.6 is 0 Å². The zero-order valence-electron chi connectivity index (χ0n) is 15.6. The summed E-state index contributed by atoms with van der Waals surface area (Å²) in [7, 11) is 0. The Morgan fingerprint density at radius 2 is 1.83 bits per heavy atom. The Hall–Kier alpha value is -1.04. The van der Waals surface area contributed by atoms with E-state index in [1.165, 1.54) is 55.2 Å². The van der Waals surface area contributed by atoms with Crippen molar-refractivity contribution < 1.29 is 0 Å². The van der Waals surface area contributed by atoms with Crippen LogP contribution in [0, 0.1) is 29.1 Å². The molecule has 126 valence electrons. The average Bonchev–Trinajstić information content (AvgIpc) is 2.56. The highest BCUT2D eigenvalue weighted by Crippen LogP contribution is 2.57. The van der Waals surface area contributed by atoms with Crippen LogP contribution in [0.3, 0.4) is 0 Å². The lowest BCUT2D eigenvalue weighted by Gasteiger charge is -2.51. The molecule has 3 aliphatic carbocycles. The van der Waals surface area contributed by atoms with Gasteiger partial charge in [0.2, 0.25) is 0 Å². The van der Waals surface area contributed by atoms with E-state index in [1.807, 2.05) is 0 Å². The molecule has 23 heavy (non-hydrogen) atoms. The normalized spacial score (nSPS) is 41.7. The van der Waals surface area contributed by atoms with Crippen LogP contribution in [0.5, 0.6) is 0 Å². The standard InChI is InChI=1S/C23H34/c1-15-11-12-23(6)21-10-9-17(3)16(2)7-8-18(4)20(21)14-19(5)22(23)13-15/h13-14,17-18,20-21H,1-2,7-12H2,3-6H3. The molecule has 1 fully saturated rings. The van der Waals surface area contributed by atoms with Crippen molar-refractivity contribution in [1.29, 1.82) is 0 Å². The maximum absolute atomic E-state index is 4.38. The number of allylic oxidation sites excluding steroid dienone is 6. The third kappa shape index (κ3) is 2.90. The molecule has 0 amide bonds. The zero-order valence-corrected chi connectivity index (χ0v) is 15.6. The predicted molar refractivity (Wildman–Crippen MR) is 101 cm³/mol. The van der Waals surface area contributed by atoms with Crippen LogP contribution in [0.4, 0.5) is 0 Å². The molecule has 0 aromatic heterocycles. The molecule has 0 spiro atoms. The fraction of sp³-hybridized carbons (Fsp3) is 0.652. The van der Waals surface area contributed by atoms with Gasteiger partial charge in [-0.15, -0.1) is 0 Å². The third-order valence-corrected chi connectivity index (χ3v) is 7.26. The minimum absolute atomic E-state index is 0.352. The second-order valence-electron chi connectivity index (χ2n) is 8.82. The van der Waals surface area contributed by atoms with Gasteiger partial charge in [-0.05, 0) is 80.1 Å². The van der Waals surface area contributed by atoms with E-state index in [1.54, 1.807) is 5.57 Å². The highest BCUT2D eigenvalue weighted by Gasteiger charge is 2.47. The summed E-state index contributed by atoms with van der Waals surface area (Å²) in [5, 5.41) is 0. The fourth-order valence-corrected chi connectivity index (χ4v) is 5.42. The van der Waals surface area contributed by atoms with E-state index >= 15 is 0 Å². The summed E-state index contributed by atoms with van der Waals surface area (Å²) in [4.78, 5) is 0. The maximum atomic E-state index is 4.38. The Bertz CT molecular complexity index is 573. The highest BCUT2D eigenvalue weighted by molar-refractivity contribution is 5.46. The molecule has 0 aromatic rings. The molecule has 3 rings (SSSR count). The van der Waals surface area contributed by atoms with Crippen molar-refractivity contribution in [3.05, 3.63) is 47.6 Å². The summed E-state index contributed by atoms with van der Waals surface area (Å²) >= 11 is 0. The molecule has 1 saturated carbocycles. The Kier molecular flexibility index (Phi) is 4.47. The third-order valence-electron chi connectivity index (χ3n) is 7.26. The molecule has 5 unspecified atom stereocenters. The summed E-state index contributed by atoms with van der Waals surface area (Å²) in [6, 6.07) is 0. The molecule has 0 heteroatoms. The Morgan fingerprint density at radius 1 is 1.09 bits per heavy atom. The van der Waals surface area contributed by atoms with Gasteiger partial charge in [-0.1, -0.05) is 62.8 Å².